The Morgan fingerprint density at radius 2 is 2.22 bits per heavy atom. The summed E-state index contributed by atoms with van der Waals surface area (Å²) in [5, 5.41) is 5.84. The maximum Gasteiger partial charge on any atom is 0.249 e. The fourth-order valence-corrected chi connectivity index (χ4v) is 3.01. The molecule has 2 aliphatic heterocycles. The highest BCUT2D eigenvalue weighted by Gasteiger charge is 2.37. The highest BCUT2D eigenvalue weighted by molar-refractivity contribution is 6.01. The lowest BCUT2D eigenvalue weighted by Crippen LogP contribution is -2.57. The molecule has 2 aliphatic rings. The fraction of sp³-hybridized carbons (Fsp3) is 0.500. The summed E-state index contributed by atoms with van der Waals surface area (Å²) >= 11 is 0. The SMILES string of the molecule is C[C@H]1OCCN[C@@H]1C(=O)NC1CCN(c2ccccc2F)C1=O. The Hall–Kier alpha value is -1.99. The number of nitrogens with one attached hydrogen (secondary N) is 2. The lowest BCUT2D eigenvalue weighted by Gasteiger charge is -2.30. The maximum atomic E-state index is 13.8. The molecule has 1 unspecified atom stereocenters. The van der Waals surface area contributed by atoms with Crippen molar-refractivity contribution in [2.45, 2.75) is 31.5 Å². The van der Waals surface area contributed by atoms with Gasteiger partial charge in [-0.1, -0.05) is 12.1 Å². The molecule has 3 rings (SSSR count). The normalized spacial score (nSPS) is 28.0. The lowest BCUT2D eigenvalue weighted by molar-refractivity contribution is -0.132. The zero-order valence-corrected chi connectivity index (χ0v) is 12.9. The van der Waals surface area contributed by atoms with Crippen molar-refractivity contribution >= 4 is 17.5 Å². The number of anilines is 1. The van der Waals surface area contributed by atoms with Crippen LogP contribution in [0.3, 0.4) is 0 Å². The maximum absolute atomic E-state index is 13.8. The Kier molecular flexibility index (Phi) is 4.58. The number of carbonyl (C=O) groups is 2. The van der Waals surface area contributed by atoms with Gasteiger partial charge in [0.25, 0.3) is 0 Å². The molecule has 23 heavy (non-hydrogen) atoms. The lowest BCUT2D eigenvalue weighted by atomic mass is 10.1. The highest BCUT2D eigenvalue weighted by Crippen LogP contribution is 2.24. The van der Waals surface area contributed by atoms with E-state index in [-0.39, 0.29) is 23.6 Å². The van der Waals surface area contributed by atoms with Gasteiger partial charge in [0.05, 0.1) is 18.4 Å². The third kappa shape index (κ3) is 3.20. The van der Waals surface area contributed by atoms with Crippen molar-refractivity contribution in [1.82, 2.24) is 10.6 Å². The van der Waals surface area contributed by atoms with Gasteiger partial charge in [-0.15, -0.1) is 0 Å². The third-order valence-electron chi connectivity index (χ3n) is 4.26. The summed E-state index contributed by atoms with van der Waals surface area (Å²) in [5.74, 6) is -0.984. The molecular weight excluding hydrogens is 301 g/mol. The number of nitrogens with zero attached hydrogens (tertiary/aromatic N) is 1. The number of morpholine rings is 1. The molecule has 0 radical (unpaired) electrons. The molecule has 3 atom stereocenters. The van der Waals surface area contributed by atoms with Crippen LogP contribution in [0.1, 0.15) is 13.3 Å². The van der Waals surface area contributed by atoms with Crippen LogP contribution in [-0.2, 0) is 14.3 Å². The molecule has 2 heterocycles. The van der Waals surface area contributed by atoms with Gasteiger partial charge in [0.2, 0.25) is 11.8 Å². The van der Waals surface area contributed by atoms with E-state index in [1.807, 2.05) is 6.92 Å². The Balaban J connectivity index is 1.65. The first-order valence-electron chi connectivity index (χ1n) is 7.79. The summed E-state index contributed by atoms with van der Waals surface area (Å²) in [5.41, 5.74) is 0.252. The zero-order valence-electron chi connectivity index (χ0n) is 12.9. The van der Waals surface area contributed by atoms with Gasteiger partial charge < -0.3 is 20.3 Å². The van der Waals surface area contributed by atoms with E-state index in [1.54, 1.807) is 18.2 Å². The van der Waals surface area contributed by atoms with Gasteiger partial charge in [-0.3, -0.25) is 9.59 Å². The van der Waals surface area contributed by atoms with Crippen molar-refractivity contribution in [3.8, 4) is 0 Å². The van der Waals surface area contributed by atoms with E-state index < -0.39 is 17.9 Å². The second kappa shape index (κ2) is 6.64. The predicted octanol–water partition coefficient (Wildman–Crippen LogP) is 0.424. The van der Waals surface area contributed by atoms with Gasteiger partial charge in [0, 0.05) is 13.1 Å². The molecule has 2 fully saturated rings. The topological polar surface area (TPSA) is 70.7 Å². The third-order valence-corrected chi connectivity index (χ3v) is 4.26. The molecule has 1 aromatic carbocycles. The van der Waals surface area contributed by atoms with Crippen LogP contribution in [0.2, 0.25) is 0 Å². The van der Waals surface area contributed by atoms with Crippen LogP contribution in [0.15, 0.2) is 24.3 Å². The van der Waals surface area contributed by atoms with E-state index in [9.17, 15) is 14.0 Å². The van der Waals surface area contributed by atoms with Crippen molar-refractivity contribution in [1.29, 1.82) is 0 Å². The van der Waals surface area contributed by atoms with E-state index in [4.69, 9.17) is 4.74 Å². The van der Waals surface area contributed by atoms with Gasteiger partial charge in [-0.05, 0) is 25.5 Å². The Morgan fingerprint density at radius 3 is 2.96 bits per heavy atom. The Morgan fingerprint density at radius 1 is 1.43 bits per heavy atom. The molecule has 0 spiro atoms. The molecule has 124 valence electrons. The van der Waals surface area contributed by atoms with E-state index in [0.29, 0.717) is 26.1 Å². The number of carbonyl (C=O) groups excluding carboxylic acids is 2. The molecule has 2 amide bonds. The minimum Gasteiger partial charge on any atom is -0.375 e. The summed E-state index contributed by atoms with van der Waals surface area (Å²) in [6.07, 6.45) is 0.212. The van der Waals surface area contributed by atoms with Crippen LogP contribution in [0.4, 0.5) is 10.1 Å². The average Bonchev–Trinajstić information content (AvgIpc) is 2.89. The summed E-state index contributed by atoms with van der Waals surface area (Å²) in [6, 6.07) is 5.05. The van der Waals surface area contributed by atoms with Crippen molar-refractivity contribution < 1.29 is 18.7 Å². The smallest absolute Gasteiger partial charge is 0.249 e. The number of amides is 2. The standard InChI is InChI=1S/C16H20FN3O3/c1-10-14(18-7-9-23-10)15(21)19-12-6-8-20(16(12)22)13-5-3-2-4-11(13)17/h2-5,10,12,14,18H,6-9H2,1H3,(H,19,21)/t10-,12?,14+/m1/s1. The minimum absolute atomic E-state index is 0.247. The number of benzene rings is 1. The van der Waals surface area contributed by atoms with Crippen molar-refractivity contribution in [2.75, 3.05) is 24.6 Å². The average molecular weight is 321 g/mol. The molecule has 0 saturated carbocycles. The van der Waals surface area contributed by atoms with Crippen LogP contribution in [-0.4, -0.2) is 49.7 Å². The molecule has 0 bridgehead atoms. The quantitative estimate of drug-likeness (QED) is 0.847. The summed E-state index contributed by atoms with van der Waals surface area (Å²) in [4.78, 5) is 26.2. The van der Waals surface area contributed by atoms with E-state index in [2.05, 4.69) is 10.6 Å². The molecule has 6 nitrogen and oxygen atoms in total. The number of ether oxygens (including phenoxy) is 1. The highest BCUT2D eigenvalue weighted by atomic mass is 19.1. The molecule has 2 N–H and O–H groups in total. The number of para-hydroxylation sites is 1. The first-order chi connectivity index (χ1) is 11.1. The van der Waals surface area contributed by atoms with Crippen LogP contribution in [0.25, 0.3) is 0 Å². The van der Waals surface area contributed by atoms with Gasteiger partial charge in [0.15, 0.2) is 0 Å². The Bertz CT molecular complexity index is 610. The van der Waals surface area contributed by atoms with Crippen LogP contribution in [0, 0.1) is 5.82 Å². The first-order valence-corrected chi connectivity index (χ1v) is 7.79. The van der Waals surface area contributed by atoms with Crippen molar-refractivity contribution in [3.05, 3.63) is 30.1 Å². The van der Waals surface area contributed by atoms with E-state index in [0.717, 1.165) is 0 Å². The number of hydrogen-bond donors (Lipinski definition) is 2. The number of halogens is 1. The summed E-state index contributed by atoms with van der Waals surface area (Å²) < 4.78 is 19.3. The Labute approximate surface area is 134 Å². The zero-order chi connectivity index (χ0) is 16.4. The van der Waals surface area contributed by atoms with Crippen LogP contribution >= 0.6 is 0 Å². The largest absolute Gasteiger partial charge is 0.375 e. The van der Waals surface area contributed by atoms with E-state index >= 15 is 0 Å². The summed E-state index contributed by atoms with van der Waals surface area (Å²) in [6.45, 7) is 3.37. The molecule has 1 aromatic rings. The number of hydrogen-bond acceptors (Lipinski definition) is 4. The molecule has 0 aromatic heterocycles. The predicted molar refractivity (Wildman–Crippen MR) is 82.5 cm³/mol. The first kappa shape index (κ1) is 15.9. The molecule has 2 saturated heterocycles. The fourth-order valence-electron chi connectivity index (χ4n) is 3.01. The molecule has 0 aliphatic carbocycles. The van der Waals surface area contributed by atoms with Gasteiger partial charge in [0.1, 0.15) is 17.9 Å². The second-order valence-electron chi connectivity index (χ2n) is 5.80. The second-order valence-corrected chi connectivity index (χ2v) is 5.80. The molecular formula is C16H20FN3O3. The minimum atomic E-state index is -0.627. The van der Waals surface area contributed by atoms with Crippen LogP contribution < -0.4 is 15.5 Å². The number of rotatable bonds is 3. The molecule has 7 heteroatoms. The monoisotopic (exact) mass is 321 g/mol. The van der Waals surface area contributed by atoms with Crippen LogP contribution in [0.5, 0.6) is 0 Å². The van der Waals surface area contributed by atoms with Gasteiger partial charge >= 0.3 is 0 Å². The van der Waals surface area contributed by atoms with Crippen molar-refractivity contribution in [2.24, 2.45) is 0 Å². The van der Waals surface area contributed by atoms with Crippen molar-refractivity contribution in [3.63, 3.8) is 0 Å². The van der Waals surface area contributed by atoms with Gasteiger partial charge in [-0.2, -0.15) is 0 Å². The van der Waals surface area contributed by atoms with E-state index in [1.165, 1.54) is 11.0 Å². The van der Waals surface area contributed by atoms with Gasteiger partial charge in [-0.25, -0.2) is 4.39 Å². The summed E-state index contributed by atoms with van der Waals surface area (Å²) in [7, 11) is 0.